The van der Waals surface area contributed by atoms with Crippen LogP contribution in [-0.2, 0) is 4.79 Å². The van der Waals surface area contributed by atoms with Crippen molar-refractivity contribution in [1.29, 1.82) is 0 Å². The first kappa shape index (κ1) is 21.4. The van der Waals surface area contributed by atoms with Gasteiger partial charge in [0.15, 0.2) is 0 Å². The first-order chi connectivity index (χ1) is 15.1. The smallest absolute Gasteiger partial charge is 0.272 e. The fourth-order valence-corrected chi connectivity index (χ4v) is 2.63. The zero-order chi connectivity index (χ0) is 22.1. The lowest BCUT2D eigenvalue weighted by Crippen LogP contribution is -2.30. The van der Waals surface area contributed by atoms with Crippen LogP contribution in [0.1, 0.15) is 16.1 Å². The molecule has 1 heterocycles. The molecule has 2 aromatic carbocycles. The van der Waals surface area contributed by atoms with E-state index in [0.717, 1.165) is 0 Å². The molecule has 0 spiro atoms. The highest BCUT2D eigenvalue weighted by Gasteiger charge is 2.16. The van der Waals surface area contributed by atoms with Crippen LogP contribution in [0, 0.1) is 0 Å². The van der Waals surface area contributed by atoms with Gasteiger partial charge in [-0.3, -0.25) is 9.59 Å². The Morgan fingerprint density at radius 2 is 1.87 bits per heavy atom. The summed E-state index contributed by atoms with van der Waals surface area (Å²) in [4.78, 5) is 25.6. The molecule has 158 valence electrons. The summed E-state index contributed by atoms with van der Waals surface area (Å²) in [6, 6.07) is 16.8. The summed E-state index contributed by atoms with van der Waals surface area (Å²) in [5.74, 6) is 0.664. The zero-order valence-corrected chi connectivity index (χ0v) is 17.0. The summed E-state index contributed by atoms with van der Waals surface area (Å²) in [5.41, 5.74) is 0.905. The molecular formula is C24H22N2O5. The topological polar surface area (TPSA) is 89.8 Å². The number of methoxy groups -OCH3 is 1. The minimum Gasteiger partial charge on any atom is -0.497 e. The summed E-state index contributed by atoms with van der Waals surface area (Å²) in [6.45, 7) is 3.96. The Bertz CT molecular complexity index is 1070. The molecule has 1 aromatic heterocycles. The van der Waals surface area contributed by atoms with E-state index in [2.05, 4.69) is 17.2 Å². The first-order valence-corrected chi connectivity index (χ1v) is 9.45. The highest BCUT2D eigenvalue weighted by molar-refractivity contribution is 6.10. The fraction of sp³-hybridized carbons (Fsp3) is 0.0833. The van der Waals surface area contributed by atoms with Crippen LogP contribution in [-0.4, -0.2) is 25.5 Å². The average molecular weight is 418 g/mol. The highest BCUT2D eigenvalue weighted by Crippen LogP contribution is 2.19. The van der Waals surface area contributed by atoms with Crippen LogP contribution in [0.3, 0.4) is 0 Å². The third-order valence-electron chi connectivity index (χ3n) is 4.13. The molecule has 7 heteroatoms. The van der Waals surface area contributed by atoms with Gasteiger partial charge in [0.2, 0.25) is 0 Å². The van der Waals surface area contributed by atoms with Gasteiger partial charge in [0, 0.05) is 23.4 Å². The molecule has 2 amide bonds. The summed E-state index contributed by atoms with van der Waals surface area (Å²) in [7, 11) is 1.54. The summed E-state index contributed by atoms with van der Waals surface area (Å²) in [5, 5.41) is 5.40. The van der Waals surface area contributed by atoms with Crippen molar-refractivity contribution in [2.45, 2.75) is 0 Å². The molecule has 0 aliphatic carbocycles. The molecule has 3 rings (SSSR count). The summed E-state index contributed by atoms with van der Waals surface area (Å²) >= 11 is 0. The second-order valence-electron chi connectivity index (χ2n) is 6.34. The number of nitrogens with one attached hydrogen (secondary N) is 2. The van der Waals surface area contributed by atoms with Crippen molar-refractivity contribution in [3.63, 3.8) is 0 Å². The zero-order valence-electron chi connectivity index (χ0n) is 17.0. The molecule has 0 saturated heterocycles. The lowest BCUT2D eigenvalue weighted by Gasteiger charge is -2.12. The van der Waals surface area contributed by atoms with Crippen LogP contribution in [0.5, 0.6) is 11.5 Å². The maximum absolute atomic E-state index is 12.9. The largest absolute Gasteiger partial charge is 0.497 e. The number of benzene rings is 2. The summed E-state index contributed by atoms with van der Waals surface area (Å²) < 4.78 is 15.9. The molecular weight excluding hydrogens is 396 g/mol. The Kier molecular flexibility index (Phi) is 7.26. The molecule has 0 aliphatic rings. The van der Waals surface area contributed by atoms with Crippen LogP contribution in [0.15, 0.2) is 89.7 Å². The van der Waals surface area contributed by atoms with E-state index in [-0.39, 0.29) is 5.70 Å². The minimum absolute atomic E-state index is 0.0215. The van der Waals surface area contributed by atoms with E-state index in [4.69, 9.17) is 13.9 Å². The first-order valence-electron chi connectivity index (χ1n) is 9.45. The summed E-state index contributed by atoms with van der Waals surface area (Å²) in [6.07, 6.45) is 4.56. The van der Waals surface area contributed by atoms with Crippen LogP contribution >= 0.6 is 0 Å². The average Bonchev–Trinajstić information content (AvgIpc) is 3.30. The SMILES string of the molecule is C=CCOc1cccc(NC(=O)/C(=C/c2ccco2)NC(=O)c2ccc(OC)cc2)c1. The van der Waals surface area contributed by atoms with Gasteiger partial charge in [-0.1, -0.05) is 18.7 Å². The molecule has 31 heavy (non-hydrogen) atoms. The van der Waals surface area contributed by atoms with E-state index in [1.54, 1.807) is 73.8 Å². The number of ether oxygens (including phenoxy) is 2. The van der Waals surface area contributed by atoms with Gasteiger partial charge in [0.05, 0.1) is 13.4 Å². The number of carbonyl (C=O) groups is 2. The molecule has 0 saturated carbocycles. The van der Waals surface area contributed by atoms with Crippen LogP contribution in [0.25, 0.3) is 6.08 Å². The second-order valence-corrected chi connectivity index (χ2v) is 6.34. The van der Waals surface area contributed by atoms with Gasteiger partial charge >= 0.3 is 0 Å². The van der Waals surface area contributed by atoms with Crippen molar-refractivity contribution >= 4 is 23.6 Å². The van der Waals surface area contributed by atoms with E-state index >= 15 is 0 Å². The molecule has 0 fully saturated rings. The maximum atomic E-state index is 12.9. The number of anilines is 1. The number of furan rings is 1. The number of rotatable bonds is 9. The number of hydrogen-bond donors (Lipinski definition) is 2. The van der Waals surface area contributed by atoms with Gasteiger partial charge < -0.3 is 24.5 Å². The third-order valence-corrected chi connectivity index (χ3v) is 4.13. The van der Waals surface area contributed by atoms with Gasteiger partial charge in [-0.2, -0.15) is 0 Å². The van der Waals surface area contributed by atoms with Crippen molar-refractivity contribution in [3.05, 3.63) is 96.6 Å². The molecule has 0 aliphatic heterocycles. The molecule has 2 N–H and O–H groups in total. The molecule has 0 radical (unpaired) electrons. The lowest BCUT2D eigenvalue weighted by molar-refractivity contribution is -0.113. The minimum atomic E-state index is -0.515. The van der Waals surface area contributed by atoms with Gasteiger partial charge in [0.25, 0.3) is 11.8 Å². The second kappa shape index (κ2) is 10.5. The van der Waals surface area contributed by atoms with Crippen LogP contribution < -0.4 is 20.1 Å². The van der Waals surface area contributed by atoms with Crippen LogP contribution in [0.4, 0.5) is 5.69 Å². The maximum Gasteiger partial charge on any atom is 0.272 e. The Morgan fingerprint density at radius 3 is 2.55 bits per heavy atom. The van der Waals surface area contributed by atoms with E-state index in [1.165, 1.54) is 12.3 Å². The van der Waals surface area contributed by atoms with E-state index in [1.807, 2.05) is 0 Å². The molecule has 7 nitrogen and oxygen atoms in total. The van der Waals surface area contributed by atoms with Crippen molar-refractivity contribution in [1.82, 2.24) is 5.32 Å². The fourth-order valence-electron chi connectivity index (χ4n) is 2.63. The van der Waals surface area contributed by atoms with Gasteiger partial charge in [0.1, 0.15) is 29.6 Å². The molecule has 0 unspecified atom stereocenters. The van der Waals surface area contributed by atoms with Crippen molar-refractivity contribution in [2.75, 3.05) is 19.0 Å². The third kappa shape index (κ3) is 6.11. The van der Waals surface area contributed by atoms with E-state index in [9.17, 15) is 9.59 Å². The Hall–Kier alpha value is -4.26. The number of amides is 2. The van der Waals surface area contributed by atoms with Crippen molar-refractivity contribution in [3.8, 4) is 11.5 Å². The standard InChI is InChI=1S/C24H22N2O5/c1-3-13-30-20-7-4-6-18(15-20)25-24(28)22(16-21-8-5-14-31-21)26-23(27)17-9-11-19(29-2)12-10-17/h3-12,14-16H,1,13H2,2H3,(H,25,28)(H,26,27)/b22-16-. The normalized spacial score (nSPS) is 10.8. The number of carbonyl (C=O) groups excluding carboxylic acids is 2. The van der Waals surface area contributed by atoms with Crippen molar-refractivity contribution < 1.29 is 23.5 Å². The Balaban J connectivity index is 1.79. The van der Waals surface area contributed by atoms with Crippen LogP contribution in [0.2, 0.25) is 0 Å². The van der Waals surface area contributed by atoms with Gasteiger partial charge in [-0.05, 0) is 48.5 Å². The van der Waals surface area contributed by atoms with E-state index < -0.39 is 11.8 Å². The molecule has 0 bridgehead atoms. The Labute approximate surface area is 180 Å². The molecule has 3 aromatic rings. The van der Waals surface area contributed by atoms with Crippen molar-refractivity contribution in [2.24, 2.45) is 0 Å². The monoisotopic (exact) mass is 418 g/mol. The van der Waals surface area contributed by atoms with Gasteiger partial charge in [-0.25, -0.2) is 0 Å². The number of hydrogen-bond acceptors (Lipinski definition) is 5. The molecule has 0 atom stereocenters. The quantitative estimate of drug-likeness (QED) is 0.400. The van der Waals surface area contributed by atoms with Gasteiger partial charge in [-0.15, -0.1) is 0 Å². The highest BCUT2D eigenvalue weighted by atomic mass is 16.5. The van der Waals surface area contributed by atoms with E-state index in [0.29, 0.717) is 35.1 Å². The predicted octanol–water partition coefficient (Wildman–Crippen LogP) is 4.26. The lowest BCUT2D eigenvalue weighted by atomic mass is 10.2. The Morgan fingerprint density at radius 1 is 1.06 bits per heavy atom. The predicted molar refractivity (Wildman–Crippen MR) is 118 cm³/mol.